The molecule has 0 saturated heterocycles. The molecule has 0 aromatic rings. The van der Waals surface area contributed by atoms with E-state index < -0.39 is 0 Å². The summed E-state index contributed by atoms with van der Waals surface area (Å²) < 4.78 is 0. The van der Waals surface area contributed by atoms with Crippen molar-refractivity contribution in [2.75, 3.05) is 0 Å². The molecule has 1 heteroatoms. The van der Waals surface area contributed by atoms with Gasteiger partial charge in [0.25, 0.3) is 0 Å². The highest BCUT2D eigenvalue weighted by Gasteiger charge is 2.26. The van der Waals surface area contributed by atoms with Crippen LogP contribution in [-0.4, -0.2) is 5.78 Å². The second-order valence-electron chi connectivity index (χ2n) is 4.57. The van der Waals surface area contributed by atoms with Crippen LogP contribution in [0.5, 0.6) is 0 Å². The molecular weight excluding hydrogens is 148 g/mol. The molecule has 12 heavy (non-hydrogen) atoms. The number of carbonyl (C=O) groups is 1. The molecule has 0 spiro atoms. The van der Waals surface area contributed by atoms with E-state index in [4.69, 9.17) is 0 Å². The van der Waals surface area contributed by atoms with Crippen molar-refractivity contribution in [3.63, 3.8) is 0 Å². The predicted molar refractivity (Wildman–Crippen MR) is 53.0 cm³/mol. The van der Waals surface area contributed by atoms with Crippen LogP contribution in [0.25, 0.3) is 0 Å². The van der Waals surface area contributed by atoms with Gasteiger partial charge in [-0.05, 0) is 11.8 Å². The minimum absolute atomic E-state index is 0.180. The minimum atomic E-state index is 0.180. The van der Waals surface area contributed by atoms with Crippen molar-refractivity contribution in [3.8, 4) is 0 Å². The van der Waals surface area contributed by atoms with Gasteiger partial charge >= 0.3 is 0 Å². The molecule has 0 fully saturated rings. The van der Waals surface area contributed by atoms with Crippen molar-refractivity contribution in [1.29, 1.82) is 0 Å². The van der Waals surface area contributed by atoms with Crippen LogP contribution >= 0.6 is 0 Å². The smallest absolute Gasteiger partial charge is 0.138 e. The Morgan fingerprint density at radius 1 is 0.833 bits per heavy atom. The number of hydrogen-bond acceptors (Lipinski definition) is 1. The molecule has 0 aromatic heterocycles. The van der Waals surface area contributed by atoms with Gasteiger partial charge in [0.15, 0.2) is 0 Å². The van der Waals surface area contributed by atoms with Crippen LogP contribution < -0.4 is 0 Å². The topological polar surface area (TPSA) is 17.1 Å². The number of ketones is 1. The first kappa shape index (κ1) is 11.7. The van der Waals surface area contributed by atoms with E-state index in [1.54, 1.807) is 0 Å². The summed E-state index contributed by atoms with van der Waals surface area (Å²) in [4.78, 5) is 11.7. The van der Waals surface area contributed by atoms with E-state index >= 15 is 0 Å². The van der Waals surface area contributed by atoms with Crippen molar-refractivity contribution in [2.24, 2.45) is 23.7 Å². The number of hydrogen-bond donors (Lipinski definition) is 0. The van der Waals surface area contributed by atoms with Gasteiger partial charge in [-0.3, -0.25) is 4.79 Å². The Hall–Kier alpha value is -0.330. The maximum Gasteiger partial charge on any atom is 0.138 e. The van der Waals surface area contributed by atoms with Gasteiger partial charge in [0.1, 0.15) is 5.78 Å². The molecule has 0 bridgehead atoms. The van der Waals surface area contributed by atoms with Gasteiger partial charge < -0.3 is 0 Å². The Bertz CT molecular complexity index is 137. The first-order valence-corrected chi connectivity index (χ1v) is 4.91. The summed E-state index contributed by atoms with van der Waals surface area (Å²) in [6, 6.07) is 0. The van der Waals surface area contributed by atoms with E-state index in [1.807, 2.05) is 13.8 Å². The molecule has 0 atom stereocenters. The highest BCUT2D eigenvalue weighted by molar-refractivity contribution is 5.83. The lowest BCUT2D eigenvalue weighted by Crippen LogP contribution is -2.28. The first-order chi connectivity index (χ1) is 5.37. The van der Waals surface area contributed by atoms with Gasteiger partial charge in [-0.2, -0.15) is 0 Å². The Morgan fingerprint density at radius 3 is 1.25 bits per heavy atom. The molecule has 0 unspecified atom stereocenters. The molecule has 0 aliphatic carbocycles. The van der Waals surface area contributed by atoms with Crippen LogP contribution in [0.2, 0.25) is 0 Å². The third-order valence-electron chi connectivity index (χ3n) is 2.33. The fraction of sp³-hybridized carbons (Fsp3) is 0.909. The lowest BCUT2D eigenvalue weighted by molar-refractivity contribution is -0.128. The van der Waals surface area contributed by atoms with Gasteiger partial charge in [0, 0.05) is 11.8 Å². The van der Waals surface area contributed by atoms with Gasteiger partial charge in [0.05, 0.1) is 0 Å². The van der Waals surface area contributed by atoms with Crippen LogP contribution in [0, 0.1) is 23.7 Å². The van der Waals surface area contributed by atoms with Crippen LogP contribution in [0.15, 0.2) is 0 Å². The van der Waals surface area contributed by atoms with Crippen molar-refractivity contribution in [3.05, 3.63) is 0 Å². The molecule has 72 valence electrons. The second-order valence-corrected chi connectivity index (χ2v) is 4.57. The van der Waals surface area contributed by atoms with Gasteiger partial charge in [-0.15, -0.1) is 0 Å². The van der Waals surface area contributed by atoms with Crippen molar-refractivity contribution < 1.29 is 4.79 Å². The molecular formula is C11H22O. The summed E-state index contributed by atoms with van der Waals surface area (Å²) in [5.74, 6) is 1.78. The van der Waals surface area contributed by atoms with Crippen LogP contribution in [0.3, 0.4) is 0 Å². The first-order valence-electron chi connectivity index (χ1n) is 4.91. The average Bonchev–Trinajstić information content (AvgIpc) is 1.85. The summed E-state index contributed by atoms with van der Waals surface area (Å²) >= 11 is 0. The zero-order valence-corrected chi connectivity index (χ0v) is 9.22. The Morgan fingerprint density at radius 2 is 1.17 bits per heavy atom. The zero-order chi connectivity index (χ0) is 9.89. The maximum absolute atomic E-state index is 11.7. The zero-order valence-electron chi connectivity index (χ0n) is 9.22. The Kier molecular flexibility index (Phi) is 4.51. The summed E-state index contributed by atoms with van der Waals surface area (Å²) in [5, 5.41) is 0. The van der Waals surface area contributed by atoms with Gasteiger partial charge in [0.2, 0.25) is 0 Å². The highest BCUT2D eigenvalue weighted by Crippen LogP contribution is 2.24. The van der Waals surface area contributed by atoms with E-state index in [-0.39, 0.29) is 11.8 Å². The minimum Gasteiger partial charge on any atom is -0.299 e. The average molecular weight is 170 g/mol. The fourth-order valence-corrected chi connectivity index (χ4v) is 1.81. The van der Waals surface area contributed by atoms with E-state index in [2.05, 4.69) is 27.7 Å². The third kappa shape index (κ3) is 2.96. The summed E-state index contributed by atoms with van der Waals surface area (Å²) in [5.41, 5.74) is 0. The summed E-state index contributed by atoms with van der Waals surface area (Å²) in [6.07, 6.45) is 0. The lowest BCUT2D eigenvalue weighted by atomic mass is 9.79. The second kappa shape index (κ2) is 4.64. The number of carbonyl (C=O) groups excluding carboxylic acids is 1. The molecule has 0 N–H and O–H groups in total. The third-order valence-corrected chi connectivity index (χ3v) is 2.33. The molecule has 0 aromatic carbocycles. The van der Waals surface area contributed by atoms with Crippen LogP contribution in [0.1, 0.15) is 41.5 Å². The monoisotopic (exact) mass is 170 g/mol. The molecule has 1 nitrogen and oxygen atoms in total. The standard InChI is InChI=1S/C11H22O/c1-7(2)10(8(3)4)11(12)9(5)6/h7-10H,1-6H3. The molecule has 0 heterocycles. The van der Waals surface area contributed by atoms with Gasteiger partial charge in [-0.1, -0.05) is 41.5 Å². The van der Waals surface area contributed by atoms with E-state index in [1.165, 1.54) is 0 Å². The quantitative estimate of drug-likeness (QED) is 0.633. The molecule has 0 radical (unpaired) electrons. The predicted octanol–water partition coefficient (Wildman–Crippen LogP) is 3.14. The number of rotatable bonds is 4. The van der Waals surface area contributed by atoms with Gasteiger partial charge in [-0.25, -0.2) is 0 Å². The van der Waals surface area contributed by atoms with Crippen molar-refractivity contribution in [2.45, 2.75) is 41.5 Å². The SMILES string of the molecule is CC(C)C(=O)C(C(C)C)C(C)C. The van der Waals surface area contributed by atoms with E-state index in [0.29, 0.717) is 17.6 Å². The Labute approximate surface area is 76.6 Å². The Balaban J connectivity index is 4.41. The van der Waals surface area contributed by atoms with Crippen LogP contribution in [0.4, 0.5) is 0 Å². The van der Waals surface area contributed by atoms with Crippen LogP contribution in [-0.2, 0) is 4.79 Å². The summed E-state index contributed by atoms with van der Waals surface area (Å²) in [6.45, 7) is 12.5. The molecule has 0 aliphatic heterocycles. The fourth-order valence-electron chi connectivity index (χ4n) is 1.81. The normalized spacial score (nSPS) is 12.2. The summed E-state index contributed by atoms with van der Waals surface area (Å²) in [7, 11) is 0. The van der Waals surface area contributed by atoms with Crippen molar-refractivity contribution in [1.82, 2.24) is 0 Å². The van der Waals surface area contributed by atoms with E-state index in [0.717, 1.165) is 0 Å². The molecule has 0 saturated carbocycles. The molecule has 0 aliphatic rings. The molecule has 0 amide bonds. The number of Topliss-reactive ketones (excluding diaryl/α,β-unsaturated/α-hetero) is 1. The maximum atomic E-state index is 11.7. The molecule has 0 rings (SSSR count). The lowest BCUT2D eigenvalue weighted by Gasteiger charge is -2.24. The van der Waals surface area contributed by atoms with E-state index in [9.17, 15) is 4.79 Å². The largest absolute Gasteiger partial charge is 0.299 e. The van der Waals surface area contributed by atoms with Crippen molar-refractivity contribution >= 4 is 5.78 Å². The highest BCUT2D eigenvalue weighted by atomic mass is 16.1.